The summed E-state index contributed by atoms with van der Waals surface area (Å²) in [4.78, 5) is 55.7. The minimum absolute atomic E-state index is 0.0894. The standard InChI is InChI=1S/C22H41N7O5/c1-12(2)11-15(28-19(31)17(23)13(3)4)20(32)29-10-6-8-16(29)18(30)27-14(21(33)34)7-5-9-26-22(24)25/h12-17H,5-11,23H2,1-4H3,(H,27,30)(H,28,31)(H,33,34)(H4,24,25,26). The lowest BCUT2D eigenvalue weighted by Gasteiger charge is -2.31. The van der Waals surface area contributed by atoms with Gasteiger partial charge in [-0.25, -0.2) is 4.79 Å². The van der Waals surface area contributed by atoms with Gasteiger partial charge in [0.2, 0.25) is 17.7 Å². The molecule has 1 saturated heterocycles. The highest BCUT2D eigenvalue weighted by Crippen LogP contribution is 2.21. The van der Waals surface area contributed by atoms with E-state index in [0.29, 0.717) is 32.2 Å². The minimum atomic E-state index is -1.18. The first-order valence-electron chi connectivity index (χ1n) is 11.8. The molecule has 1 aliphatic heterocycles. The van der Waals surface area contributed by atoms with Crippen LogP contribution in [0.2, 0.25) is 0 Å². The van der Waals surface area contributed by atoms with Gasteiger partial charge in [-0.05, 0) is 43.9 Å². The van der Waals surface area contributed by atoms with Crippen molar-refractivity contribution >= 4 is 29.7 Å². The van der Waals surface area contributed by atoms with E-state index in [4.69, 9.17) is 17.2 Å². The SMILES string of the molecule is CC(C)CC(NC(=O)C(N)C(C)C)C(=O)N1CCCC1C(=O)NC(CCCN=C(N)N)C(=O)O. The zero-order valence-corrected chi connectivity index (χ0v) is 20.6. The highest BCUT2D eigenvalue weighted by atomic mass is 16.4. The molecular weight excluding hydrogens is 442 g/mol. The van der Waals surface area contributed by atoms with E-state index < -0.39 is 42.0 Å². The molecule has 12 nitrogen and oxygen atoms in total. The highest BCUT2D eigenvalue weighted by Gasteiger charge is 2.39. The zero-order chi connectivity index (χ0) is 26.0. The normalized spacial score (nSPS) is 18.3. The van der Waals surface area contributed by atoms with E-state index in [-0.39, 0.29) is 36.7 Å². The van der Waals surface area contributed by atoms with Crippen molar-refractivity contribution in [3.8, 4) is 0 Å². The molecule has 9 N–H and O–H groups in total. The molecule has 0 bridgehead atoms. The third-order valence-electron chi connectivity index (χ3n) is 5.74. The van der Waals surface area contributed by atoms with Crippen molar-refractivity contribution < 1.29 is 24.3 Å². The quantitative estimate of drug-likeness (QED) is 0.110. The number of likely N-dealkylation sites (tertiary alicyclic amines) is 1. The maximum atomic E-state index is 13.4. The van der Waals surface area contributed by atoms with Crippen molar-refractivity contribution in [3.05, 3.63) is 0 Å². The number of nitrogens with two attached hydrogens (primary N) is 3. The number of hydrogen-bond acceptors (Lipinski definition) is 6. The van der Waals surface area contributed by atoms with Gasteiger partial charge in [0, 0.05) is 13.1 Å². The van der Waals surface area contributed by atoms with Gasteiger partial charge in [0.25, 0.3) is 0 Å². The Labute approximate surface area is 201 Å². The van der Waals surface area contributed by atoms with Gasteiger partial charge in [-0.2, -0.15) is 0 Å². The Morgan fingerprint density at radius 1 is 1.09 bits per heavy atom. The Morgan fingerprint density at radius 2 is 1.74 bits per heavy atom. The molecule has 0 radical (unpaired) electrons. The third-order valence-corrected chi connectivity index (χ3v) is 5.74. The first-order valence-corrected chi connectivity index (χ1v) is 11.8. The topological polar surface area (TPSA) is 206 Å². The summed E-state index contributed by atoms with van der Waals surface area (Å²) in [6.07, 6.45) is 1.90. The number of rotatable bonds is 13. The van der Waals surface area contributed by atoms with Crippen molar-refractivity contribution in [3.63, 3.8) is 0 Å². The number of amides is 3. The lowest BCUT2D eigenvalue weighted by atomic mass is 10.00. The first-order chi connectivity index (χ1) is 15.8. The number of carboxylic acid groups (broad SMARTS) is 1. The van der Waals surface area contributed by atoms with Gasteiger partial charge in [-0.1, -0.05) is 27.7 Å². The van der Waals surface area contributed by atoms with Crippen LogP contribution in [0.5, 0.6) is 0 Å². The van der Waals surface area contributed by atoms with E-state index in [1.54, 1.807) is 0 Å². The second-order valence-electron chi connectivity index (χ2n) is 9.50. The van der Waals surface area contributed by atoms with Crippen molar-refractivity contribution in [1.29, 1.82) is 0 Å². The molecule has 4 atom stereocenters. The van der Waals surface area contributed by atoms with E-state index in [9.17, 15) is 24.3 Å². The predicted molar refractivity (Wildman–Crippen MR) is 128 cm³/mol. The fourth-order valence-electron chi connectivity index (χ4n) is 3.80. The summed E-state index contributed by atoms with van der Waals surface area (Å²) in [5.41, 5.74) is 16.5. The maximum absolute atomic E-state index is 13.4. The van der Waals surface area contributed by atoms with Crippen LogP contribution in [0.15, 0.2) is 4.99 Å². The van der Waals surface area contributed by atoms with Crippen molar-refractivity contribution in [2.45, 2.75) is 84.0 Å². The molecule has 0 spiro atoms. The molecule has 34 heavy (non-hydrogen) atoms. The van der Waals surface area contributed by atoms with Crippen LogP contribution in [0.1, 0.15) is 59.8 Å². The summed E-state index contributed by atoms with van der Waals surface area (Å²) in [5, 5.41) is 14.8. The number of hydrogen-bond donors (Lipinski definition) is 6. The van der Waals surface area contributed by atoms with Crippen LogP contribution in [-0.2, 0) is 19.2 Å². The van der Waals surface area contributed by atoms with Crippen LogP contribution in [0.25, 0.3) is 0 Å². The molecule has 4 unspecified atom stereocenters. The van der Waals surface area contributed by atoms with E-state index in [1.807, 2.05) is 27.7 Å². The smallest absolute Gasteiger partial charge is 0.326 e. The fourth-order valence-corrected chi connectivity index (χ4v) is 3.80. The molecule has 1 aliphatic rings. The van der Waals surface area contributed by atoms with Crippen LogP contribution in [0, 0.1) is 11.8 Å². The van der Waals surface area contributed by atoms with Crippen LogP contribution >= 0.6 is 0 Å². The summed E-state index contributed by atoms with van der Waals surface area (Å²) in [6.45, 7) is 8.09. The Bertz CT molecular complexity index is 752. The number of nitrogens with one attached hydrogen (secondary N) is 2. The largest absolute Gasteiger partial charge is 0.480 e. The molecule has 1 rings (SSSR count). The average Bonchev–Trinajstić information content (AvgIpc) is 3.23. The Balaban J connectivity index is 2.90. The molecule has 0 aliphatic carbocycles. The van der Waals surface area contributed by atoms with Crippen molar-refractivity contribution in [2.24, 2.45) is 34.0 Å². The first kappa shape index (κ1) is 29.1. The number of guanidine groups is 1. The van der Waals surface area contributed by atoms with Crippen LogP contribution < -0.4 is 27.8 Å². The average molecular weight is 484 g/mol. The monoisotopic (exact) mass is 483 g/mol. The molecule has 0 aromatic heterocycles. The fraction of sp³-hybridized carbons (Fsp3) is 0.773. The third kappa shape index (κ3) is 9.16. The number of nitrogens with zero attached hydrogens (tertiary/aromatic N) is 2. The van der Waals surface area contributed by atoms with E-state index in [0.717, 1.165) is 0 Å². The summed E-state index contributed by atoms with van der Waals surface area (Å²) >= 11 is 0. The van der Waals surface area contributed by atoms with Gasteiger partial charge in [-0.3, -0.25) is 19.4 Å². The summed E-state index contributed by atoms with van der Waals surface area (Å²) in [7, 11) is 0. The Morgan fingerprint density at radius 3 is 2.26 bits per heavy atom. The van der Waals surface area contributed by atoms with E-state index in [1.165, 1.54) is 4.90 Å². The van der Waals surface area contributed by atoms with Crippen LogP contribution in [0.4, 0.5) is 0 Å². The van der Waals surface area contributed by atoms with Crippen LogP contribution in [0.3, 0.4) is 0 Å². The van der Waals surface area contributed by atoms with Gasteiger partial charge >= 0.3 is 5.97 Å². The second kappa shape index (κ2) is 13.7. The summed E-state index contributed by atoms with van der Waals surface area (Å²) in [6, 6.07) is -3.51. The Kier molecular flexibility index (Phi) is 11.8. The molecule has 12 heteroatoms. The number of aliphatic carboxylic acids is 1. The molecule has 194 valence electrons. The van der Waals surface area contributed by atoms with Gasteiger partial charge in [-0.15, -0.1) is 0 Å². The summed E-state index contributed by atoms with van der Waals surface area (Å²) < 4.78 is 0. The highest BCUT2D eigenvalue weighted by molar-refractivity contribution is 5.94. The number of aliphatic imine (C=N–C) groups is 1. The minimum Gasteiger partial charge on any atom is -0.480 e. The van der Waals surface area contributed by atoms with Crippen molar-refractivity contribution in [1.82, 2.24) is 15.5 Å². The summed E-state index contributed by atoms with van der Waals surface area (Å²) in [5.74, 6) is -2.57. The molecule has 0 saturated carbocycles. The number of carboxylic acids is 1. The van der Waals surface area contributed by atoms with Gasteiger partial charge in [0.15, 0.2) is 5.96 Å². The van der Waals surface area contributed by atoms with Gasteiger partial charge in [0.1, 0.15) is 18.1 Å². The molecule has 3 amide bonds. The van der Waals surface area contributed by atoms with E-state index >= 15 is 0 Å². The zero-order valence-electron chi connectivity index (χ0n) is 20.6. The van der Waals surface area contributed by atoms with Crippen molar-refractivity contribution in [2.75, 3.05) is 13.1 Å². The lowest BCUT2D eigenvalue weighted by molar-refractivity contribution is -0.145. The van der Waals surface area contributed by atoms with Crippen LogP contribution in [-0.4, -0.2) is 76.9 Å². The molecular formula is C22H41N7O5. The van der Waals surface area contributed by atoms with Gasteiger partial charge < -0.3 is 37.8 Å². The van der Waals surface area contributed by atoms with E-state index in [2.05, 4.69) is 15.6 Å². The lowest BCUT2D eigenvalue weighted by Crippen LogP contribution is -2.57. The number of carbonyl (C=O) groups is 4. The predicted octanol–water partition coefficient (Wildman–Crippen LogP) is -0.885. The number of carbonyl (C=O) groups excluding carboxylic acids is 3. The maximum Gasteiger partial charge on any atom is 0.326 e. The Hall–Kier alpha value is -2.89. The molecule has 1 fully saturated rings. The second-order valence-corrected chi connectivity index (χ2v) is 9.50. The molecule has 0 aromatic carbocycles. The molecule has 0 aromatic rings. The van der Waals surface area contributed by atoms with Gasteiger partial charge in [0.05, 0.1) is 6.04 Å². The molecule has 1 heterocycles.